The molecule has 0 saturated heterocycles. The molecular weight excluding hydrogens is 292 g/mol. The van der Waals surface area contributed by atoms with Crippen molar-refractivity contribution in [2.24, 2.45) is 0 Å². The number of hydrogen-bond acceptors (Lipinski definition) is 1. The molecule has 0 N–H and O–H groups in total. The smallest absolute Gasteiger partial charge is 0.0517 e. The molecule has 0 aliphatic carbocycles. The molecule has 0 atom stereocenters. The lowest BCUT2D eigenvalue weighted by Gasteiger charge is -2.16. The lowest BCUT2D eigenvalue weighted by Crippen LogP contribution is -2.19. The fourth-order valence-electron chi connectivity index (χ4n) is 4.74. The van der Waals surface area contributed by atoms with Gasteiger partial charge in [-0.15, -0.1) is 0 Å². The van der Waals surface area contributed by atoms with Crippen molar-refractivity contribution in [3.8, 4) is 0 Å². The number of benzene rings is 2. The highest BCUT2D eigenvalue weighted by Crippen LogP contribution is 2.33. The monoisotopic (exact) mass is 316 g/mol. The van der Waals surface area contributed by atoms with Crippen molar-refractivity contribution < 1.29 is 0 Å². The van der Waals surface area contributed by atoms with Crippen LogP contribution < -0.4 is 0 Å². The Kier molecular flexibility index (Phi) is 3.27. The summed E-state index contributed by atoms with van der Waals surface area (Å²) in [7, 11) is 0. The molecular formula is C22H24N2. The van der Waals surface area contributed by atoms with Gasteiger partial charge in [0, 0.05) is 37.3 Å². The van der Waals surface area contributed by atoms with Gasteiger partial charge in [0.15, 0.2) is 0 Å². The fraction of sp³-hybridized carbons (Fsp3) is 0.364. The molecule has 2 aliphatic heterocycles. The summed E-state index contributed by atoms with van der Waals surface area (Å²) >= 11 is 0. The van der Waals surface area contributed by atoms with Gasteiger partial charge >= 0.3 is 0 Å². The van der Waals surface area contributed by atoms with E-state index >= 15 is 0 Å². The van der Waals surface area contributed by atoms with Crippen molar-refractivity contribution in [1.29, 1.82) is 0 Å². The number of hydrogen-bond donors (Lipinski definition) is 0. The minimum absolute atomic E-state index is 1.11. The number of fused-ring (bicyclic) bond motifs is 1. The van der Waals surface area contributed by atoms with E-state index in [1.807, 2.05) is 0 Å². The first-order chi connectivity index (χ1) is 11.8. The largest absolute Gasteiger partial charge is 0.344 e. The van der Waals surface area contributed by atoms with Crippen molar-refractivity contribution in [3.63, 3.8) is 0 Å². The van der Waals surface area contributed by atoms with E-state index < -0.39 is 0 Å². The van der Waals surface area contributed by atoms with Crippen LogP contribution in [0.15, 0.2) is 42.5 Å². The highest BCUT2D eigenvalue weighted by Gasteiger charge is 2.22. The minimum atomic E-state index is 1.11. The Bertz CT molecular complexity index is 894. The lowest BCUT2D eigenvalue weighted by molar-refractivity contribution is 0.288. The molecule has 0 saturated carbocycles. The normalized spacial score (nSPS) is 16.7. The second-order valence-electron chi connectivity index (χ2n) is 7.36. The average Bonchev–Trinajstić information content (AvgIpc) is 3.15. The van der Waals surface area contributed by atoms with Crippen LogP contribution in [0, 0.1) is 6.92 Å². The fourth-order valence-corrected chi connectivity index (χ4v) is 4.74. The summed E-state index contributed by atoms with van der Waals surface area (Å²) in [4.78, 5) is 2.59. The highest BCUT2D eigenvalue weighted by molar-refractivity contribution is 5.88. The van der Waals surface area contributed by atoms with Crippen LogP contribution >= 0.6 is 0 Å². The molecule has 122 valence electrons. The maximum absolute atomic E-state index is 2.59. The standard InChI is InChI=1S/C22H24N2/c1-16-20(11-13-23-14-18-6-2-3-7-19(18)15-23)21-10-4-8-17-9-5-12-24(16)22(17)21/h2-4,6-8,10H,5,9,11-15H2,1H3. The van der Waals surface area contributed by atoms with E-state index in [0.717, 1.165) is 26.1 Å². The van der Waals surface area contributed by atoms with Gasteiger partial charge in [-0.1, -0.05) is 42.5 Å². The lowest BCUT2D eigenvalue weighted by atomic mass is 10.0. The number of aromatic nitrogens is 1. The molecule has 0 fully saturated rings. The maximum Gasteiger partial charge on any atom is 0.0517 e. The van der Waals surface area contributed by atoms with E-state index in [-0.39, 0.29) is 0 Å². The second kappa shape index (κ2) is 5.49. The SMILES string of the molecule is Cc1c(CCN2Cc3ccccc3C2)c2cccc3c2n1CCC3. The van der Waals surface area contributed by atoms with Gasteiger partial charge in [-0.3, -0.25) is 4.90 Å². The van der Waals surface area contributed by atoms with Gasteiger partial charge in [0.1, 0.15) is 0 Å². The van der Waals surface area contributed by atoms with Crippen LogP contribution in [-0.4, -0.2) is 16.0 Å². The Morgan fingerprint density at radius 2 is 1.67 bits per heavy atom. The van der Waals surface area contributed by atoms with Crippen LogP contribution in [0.5, 0.6) is 0 Å². The van der Waals surface area contributed by atoms with Gasteiger partial charge < -0.3 is 4.57 Å². The summed E-state index contributed by atoms with van der Waals surface area (Å²) in [6, 6.07) is 15.8. The van der Waals surface area contributed by atoms with Gasteiger partial charge in [-0.2, -0.15) is 0 Å². The van der Waals surface area contributed by atoms with Crippen LogP contribution in [0.2, 0.25) is 0 Å². The molecule has 2 aliphatic rings. The highest BCUT2D eigenvalue weighted by atomic mass is 15.1. The average molecular weight is 316 g/mol. The van der Waals surface area contributed by atoms with E-state index in [2.05, 4.69) is 58.9 Å². The summed E-state index contributed by atoms with van der Waals surface area (Å²) in [5.74, 6) is 0. The molecule has 0 unspecified atom stereocenters. The third kappa shape index (κ3) is 2.13. The summed E-state index contributed by atoms with van der Waals surface area (Å²) in [6.07, 6.45) is 3.68. The van der Waals surface area contributed by atoms with E-state index in [9.17, 15) is 0 Å². The molecule has 3 heterocycles. The van der Waals surface area contributed by atoms with E-state index in [4.69, 9.17) is 0 Å². The second-order valence-corrected chi connectivity index (χ2v) is 7.36. The topological polar surface area (TPSA) is 8.17 Å². The van der Waals surface area contributed by atoms with Crippen LogP contribution in [0.1, 0.15) is 34.4 Å². The predicted octanol–water partition coefficient (Wildman–Crippen LogP) is 4.45. The van der Waals surface area contributed by atoms with Crippen molar-refractivity contribution in [1.82, 2.24) is 9.47 Å². The molecule has 24 heavy (non-hydrogen) atoms. The third-order valence-corrected chi connectivity index (χ3v) is 5.97. The molecule has 5 rings (SSSR count). The molecule has 0 spiro atoms. The van der Waals surface area contributed by atoms with E-state index in [0.29, 0.717) is 0 Å². The first kappa shape index (κ1) is 14.3. The van der Waals surface area contributed by atoms with Crippen LogP contribution in [-0.2, 0) is 32.5 Å². The molecule has 0 amide bonds. The van der Waals surface area contributed by atoms with E-state index in [1.165, 1.54) is 47.1 Å². The summed E-state index contributed by atoms with van der Waals surface area (Å²) in [6.45, 7) is 6.88. The van der Waals surface area contributed by atoms with Crippen molar-refractivity contribution in [2.75, 3.05) is 6.54 Å². The first-order valence-corrected chi connectivity index (χ1v) is 9.20. The molecule has 0 bridgehead atoms. The quantitative estimate of drug-likeness (QED) is 0.693. The predicted molar refractivity (Wildman–Crippen MR) is 99.3 cm³/mol. The zero-order chi connectivity index (χ0) is 16.1. The summed E-state index contributed by atoms with van der Waals surface area (Å²) in [5.41, 5.74) is 9.15. The number of nitrogens with zero attached hydrogens (tertiary/aromatic N) is 2. The van der Waals surface area contributed by atoms with Crippen LogP contribution in [0.3, 0.4) is 0 Å². The van der Waals surface area contributed by atoms with Crippen molar-refractivity contribution in [3.05, 3.63) is 70.4 Å². The molecule has 1 aromatic heterocycles. The van der Waals surface area contributed by atoms with Crippen molar-refractivity contribution >= 4 is 10.9 Å². The zero-order valence-corrected chi connectivity index (χ0v) is 14.4. The summed E-state index contributed by atoms with van der Waals surface area (Å²) in [5, 5.41) is 1.50. The Balaban J connectivity index is 1.43. The molecule has 3 aromatic rings. The Morgan fingerprint density at radius 1 is 0.917 bits per heavy atom. The van der Waals surface area contributed by atoms with Gasteiger partial charge in [-0.05, 0) is 48.4 Å². The number of rotatable bonds is 3. The zero-order valence-electron chi connectivity index (χ0n) is 14.4. The van der Waals surface area contributed by atoms with Crippen LogP contribution in [0.25, 0.3) is 10.9 Å². The van der Waals surface area contributed by atoms with E-state index in [1.54, 1.807) is 11.1 Å². The summed E-state index contributed by atoms with van der Waals surface area (Å²) < 4.78 is 2.57. The Morgan fingerprint density at radius 3 is 2.46 bits per heavy atom. The van der Waals surface area contributed by atoms with Gasteiger partial charge in [0.25, 0.3) is 0 Å². The van der Waals surface area contributed by atoms with Crippen molar-refractivity contribution in [2.45, 2.75) is 45.8 Å². The number of aryl methyl sites for hydroxylation is 2. The van der Waals surface area contributed by atoms with Gasteiger partial charge in [0.2, 0.25) is 0 Å². The third-order valence-electron chi connectivity index (χ3n) is 5.97. The van der Waals surface area contributed by atoms with Gasteiger partial charge in [0.05, 0.1) is 5.52 Å². The van der Waals surface area contributed by atoms with Gasteiger partial charge in [-0.25, -0.2) is 0 Å². The first-order valence-electron chi connectivity index (χ1n) is 9.20. The molecule has 2 nitrogen and oxygen atoms in total. The molecule has 2 aromatic carbocycles. The minimum Gasteiger partial charge on any atom is -0.344 e. The number of para-hydroxylation sites is 1. The van der Waals surface area contributed by atoms with Crippen LogP contribution in [0.4, 0.5) is 0 Å². The molecule has 0 radical (unpaired) electrons. The Hall–Kier alpha value is -2.06. The maximum atomic E-state index is 2.59. The molecule has 2 heteroatoms. The Labute approximate surface area is 143 Å².